The van der Waals surface area contributed by atoms with E-state index in [9.17, 15) is 4.79 Å². The maximum absolute atomic E-state index is 12.8. The number of nitrogens with one attached hydrogen (secondary N) is 1. The lowest BCUT2D eigenvalue weighted by Crippen LogP contribution is -2.23. The van der Waals surface area contributed by atoms with E-state index in [1.54, 1.807) is 12.1 Å². The molecular weight excluding hydrogens is 398 g/mol. The molecule has 0 unspecified atom stereocenters. The van der Waals surface area contributed by atoms with E-state index in [4.69, 9.17) is 9.72 Å². The Bertz CT molecular complexity index is 1240. The smallest absolute Gasteiger partial charge is 0.343 e. The monoisotopic (exact) mass is 425 g/mol. The van der Waals surface area contributed by atoms with Gasteiger partial charge < -0.3 is 10.1 Å². The van der Waals surface area contributed by atoms with E-state index in [0.29, 0.717) is 17.4 Å². The van der Waals surface area contributed by atoms with E-state index in [-0.39, 0.29) is 5.97 Å². The summed E-state index contributed by atoms with van der Waals surface area (Å²) in [5.41, 5.74) is 4.16. The van der Waals surface area contributed by atoms with Gasteiger partial charge in [-0.05, 0) is 61.7 Å². The molecule has 32 heavy (non-hydrogen) atoms. The van der Waals surface area contributed by atoms with Crippen LogP contribution in [-0.4, -0.2) is 21.4 Å². The fraction of sp³-hybridized carbons (Fsp3) is 0.259. The summed E-state index contributed by atoms with van der Waals surface area (Å²) in [5, 5.41) is 3.76. The summed E-state index contributed by atoms with van der Waals surface area (Å²) in [6, 6.07) is 21.3. The van der Waals surface area contributed by atoms with Gasteiger partial charge in [0.25, 0.3) is 0 Å². The number of nitrogens with zero attached hydrogens (tertiary/aromatic N) is 2. The quantitative estimate of drug-likeness (QED) is 0.302. The van der Waals surface area contributed by atoms with Gasteiger partial charge in [-0.1, -0.05) is 49.6 Å². The van der Waals surface area contributed by atoms with Crippen LogP contribution in [0.3, 0.4) is 0 Å². The van der Waals surface area contributed by atoms with Crippen molar-refractivity contribution in [2.45, 2.75) is 45.1 Å². The number of benzene rings is 2. The molecule has 2 heterocycles. The van der Waals surface area contributed by atoms with Crippen LogP contribution in [0, 0.1) is 6.92 Å². The standard InChI is InChI=1S/C27H27N3O2/c1-19-16-17-30-24(18-19)29-25(26(30)28-21-12-6-3-7-13-21)22-14-8-9-15-23(22)32-27(31)20-10-4-2-5-11-20/h2,4-5,8-11,14-18,21,28H,3,6-7,12-13H2,1H3. The van der Waals surface area contributed by atoms with Gasteiger partial charge in [0.05, 0.1) is 5.56 Å². The number of rotatable bonds is 5. The molecule has 1 N–H and O–H groups in total. The van der Waals surface area contributed by atoms with Gasteiger partial charge in [-0.25, -0.2) is 9.78 Å². The zero-order valence-corrected chi connectivity index (χ0v) is 18.3. The molecule has 0 amide bonds. The predicted molar refractivity (Wildman–Crippen MR) is 127 cm³/mol. The molecule has 0 radical (unpaired) electrons. The molecule has 162 valence electrons. The molecule has 0 atom stereocenters. The van der Waals surface area contributed by atoms with Crippen LogP contribution in [0.25, 0.3) is 16.9 Å². The maximum atomic E-state index is 12.8. The fourth-order valence-corrected chi connectivity index (χ4v) is 4.40. The van der Waals surface area contributed by atoms with Crippen LogP contribution >= 0.6 is 0 Å². The van der Waals surface area contributed by atoms with Gasteiger partial charge in [-0.3, -0.25) is 4.40 Å². The molecule has 5 rings (SSSR count). The Morgan fingerprint density at radius 1 is 1.00 bits per heavy atom. The minimum Gasteiger partial charge on any atom is -0.422 e. The zero-order chi connectivity index (χ0) is 21.9. The van der Waals surface area contributed by atoms with Crippen LogP contribution in [0.5, 0.6) is 5.75 Å². The molecule has 5 heteroatoms. The summed E-state index contributed by atoms with van der Waals surface area (Å²) in [5.74, 6) is 1.09. The number of imidazole rings is 1. The predicted octanol–water partition coefficient (Wildman–Crippen LogP) is 6.27. The minimum absolute atomic E-state index is 0.376. The number of anilines is 1. The summed E-state index contributed by atoms with van der Waals surface area (Å²) < 4.78 is 7.94. The molecule has 2 aromatic heterocycles. The number of carbonyl (C=O) groups is 1. The first-order valence-electron chi connectivity index (χ1n) is 11.3. The van der Waals surface area contributed by atoms with Crippen LogP contribution in [-0.2, 0) is 0 Å². The normalized spacial score (nSPS) is 14.4. The first kappa shape index (κ1) is 20.3. The lowest BCUT2D eigenvalue weighted by Gasteiger charge is -2.24. The third kappa shape index (κ3) is 4.11. The van der Waals surface area contributed by atoms with Gasteiger partial charge >= 0.3 is 5.97 Å². The van der Waals surface area contributed by atoms with E-state index in [0.717, 1.165) is 41.1 Å². The van der Waals surface area contributed by atoms with Crippen LogP contribution < -0.4 is 10.1 Å². The summed E-state index contributed by atoms with van der Waals surface area (Å²) in [6.45, 7) is 2.07. The molecule has 5 nitrogen and oxygen atoms in total. The number of esters is 1. The van der Waals surface area contributed by atoms with Crippen molar-refractivity contribution in [3.8, 4) is 17.0 Å². The molecule has 1 aliphatic rings. The van der Waals surface area contributed by atoms with Gasteiger partial charge in [-0.2, -0.15) is 0 Å². The van der Waals surface area contributed by atoms with Gasteiger partial charge in [0, 0.05) is 17.8 Å². The van der Waals surface area contributed by atoms with Gasteiger partial charge in [0.2, 0.25) is 0 Å². The highest BCUT2D eigenvalue weighted by molar-refractivity contribution is 5.92. The van der Waals surface area contributed by atoms with Crippen molar-refractivity contribution in [3.63, 3.8) is 0 Å². The van der Waals surface area contributed by atoms with Crippen LogP contribution in [0.1, 0.15) is 48.0 Å². The zero-order valence-electron chi connectivity index (χ0n) is 18.3. The highest BCUT2D eigenvalue weighted by Crippen LogP contribution is 2.37. The Morgan fingerprint density at radius 2 is 1.75 bits per heavy atom. The van der Waals surface area contributed by atoms with E-state index < -0.39 is 0 Å². The van der Waals surface area contributed by atoms with E-state index in [2.05, 4.69) is 35.0 Å². The average molecular weight is 426 g/mol. The van der Waals surface area contributed by atoms with Crippen LogP contribution in [0.15, 0.2) is 72.9 Å². The number of carbonyl (C=O) groups excluding carboxylic acids is 1. The first-order valence-corrected chi connectivity index (χ1v) is 11.3. The molecule has 4 aromatic rings. The Labute approximate surface area is 188 Å². The number of hydrogen-bond acceptors (Lipinski definition) is 4. The number of hydrogen-bond donors (Lipinski definition) is 1. The van der Waals surface area contributed by atoms with Crippen molar-refractivity contribution in [2.75, 3.05) is 5.32 Å². The Hall–Kier alpha value is -3.60. The van der Waals surface area contributed by atoms with E-state index in [1.165, 1.54) is 19.3 Å². The van der Waals surface area contributed by atoms with E-state index >= 15 is 0 Å². The lowest BCUT2D eigenvalue weighted by molar-refractivity contribution is 0.0735. The third-order valence-corrected chi connectivity index (χ3v) is 6.08. The molecule has 0 bridgehead atoms. The second-order valence-corrected chi connectivity index (χ2v) is 8.47. The van der Waals surface area contributed by atoms with Crippen molar-refractivity contribution >= 4 is 17.4 Å². The molecular formula is C27H27N3O2. The largest absolute Gasteiger partial charge is 0.422 e. The summed E-state index contributed by atoms with van der Waals surface area (Å²) >= 11 is 0. The lowest BCUT2D eigenvalue weighted by atomic mass is 9.95. The second kappa shape index (κ2) is 8.87. The highest BCUT2D eigenvalue weighted by atomic mass is 16.5. The Balaban J connectivity index is 1.57. The SMILES string of the molecule is Cc1ccn2c(NC3CCCCC3)c(-c3ccccc3OC(=O)c3ccccc3)nc2c1. The Morgan fingerprint density at radius 3 is 2.56 bits per heavy atom. The van der Waals surface area contributed by atoms with Gasteiger partial charge in [0.1, 0.15) is 22.9 Å². The molecule has 1 saturated carbocycles. The van der Waals surface area contributed by atoms with Crippen LogP contribution in [0.4, 0.5) is 5.82 Å². The molecule has 1 aliphatic carbocycles. The number of fused-ring (bicyclic) bond motifs is 1. The van der Waals surface area contributed by atoms with E-state index in [1.807, 2.05) is 42.5 Å². The molecule has 1 fully saturated rings. The van der Waals surface area contributed by atoms with Crippen molar-refractivity contribution < 1.29 is 9.53 Å². The summed E-state index contributed by atoms with van der Waals surface area (Å²) in [6.07, 6.45) is 8.16. The maximum Gasteiger partial charge on any atom is 0.343 e. The minimum atomic E-state index is -0.376. The molecule has 2 aromatic carbocycles. The molecule has 0 saturated heterocycles. The van der Waals surface area contributed by atoms with Crippen molar-refractivity contribution in [3.05, 3.63) is 84.1 Å². The van der Waals surface area contributed by atoms with Gasteiger partial charge in [-0.15, -0.1) is 0 Å². The summed E-state index contributed by atoms with van der Waals surface area (Å²) in [7, 11) is 0. The fourth-order valence-electron chi connectivity index (χ4n) is 4.40. The van der Waals surface area contributed by atoms with Crippen LogP contribution in [0.2, 0.25) is 0 Å². The number of ether oxygens (including phenoxy) is 1. The number of aryl methyl sites for hydroxylation is 1. The topological polar surface area (TPSA) is 55.6 Å². The number of pyridine rings is 1. The van der Waals surface area contributed by atoms with Crippen molar-refractivity contribution in [1.82, 2.24) is 9.38 Å². The average Bonchev–Trinajstić information content (AvgIpc) is 3.17. The number of para-hydroxylation sites is 1. The van der Waals surface area contributed by atoms with Gasteiger partial charge in [0.15, 0.2) is 0 Å². The Kier molecular flexibility index (Phi) is 5.63. The third-order valence-electron chi connectivity index (χ3n) is 6.08. The highest BCUT2D eigenvalue weighted by Gasteiger charge is 2.22. The molecule has 0 aliphatic heterocycles. The van der Waals surface area contributed by atoms with Crippen molar-refractivity contribution in [2.24, 2.45) is 0 Å². The number of aromatic nitrogens is 2. The first-order chi connectivity index (χ1) is 15.7. The second-order valence-electron chi connectivity index (χ2n) is 8.47. The molecule has 0 spiro atoms. The van der Waals surface area contributed by atoms with Crippen molar-refractivity contribution in [1.29, 1.82) is 0 Å². The summed E-state index contributed by atoms with van der Waals surface area (Å²) in [4.78, 5) is 17.7.